The van der Waals surface area contributed by atoms with Gasteiger partial charge in [-0.1, -0.05) is 42.6 Å². The minimum absolute atomic E-state index is 0.633. The Morgan fingerprint density at radius 1 is 1.04 bits per heavy atom. The Labute approximate surface area is 151 Å². The highest BCUT2D eigenvalue weighted by molar-refractivity contribution is 6.42. The van der Waals surface area contributed by atoms with Gasteiger partial charge in [-0.15, -0.1) is 0 Å². The van der Waals surface area contributed by atoms with Gasteiger partial charge in [-0.3, -0.25) is 4.90 Å². The van der Waals surface area contributed by atoms with E-state index < -0.39 is 0 Å². The zero-order valence-electron chi connectivity index (χ0n) is 14.2. The Morgan fingerprint density at radius 3 is 2.52 bits per heavy atom. The van der Waals surface area contributed by atoms with E-state index in [9.17, 15) is 0 Å². The Balaban J connectivity index is 1.63. The highest BCUT2D eigenvalue weighted by atomic mass is 35.5. The molecule has 23 heavy (non-hydrogen) atoms. The lowest BCUT2D eigenvalue weighted by Gasteiger charge is -2.26. The predicted molar refractivity (Wildman–Crippen MR) is 101 cm³/mol. The van der Waals surface area contributed by atoms with Gasteiger partial charge < -0.3 is 4.90 Å². The molecule has 0 atom stereocenters. The second kappa shape index (κ2) is 10.6. The SMILES string of the molecule is CCN(CCCCCN1CC[CH]CC1)Cc1ccc(Cl)c(Cl)c1. The molecule has 1 aliphatic heterocycles. The van der Waals surface area contributed by atoms with E-state index in [-0.39, 0.29) is 0 Å². The summed E-state index contributed by atoms with van der Waals surface area (Å²) in [6.07, 6.45) is 8.87. The van der Waals surface area contributed by atoms with Gasteiger partial charge in [0.05, 0.1) is 10.0 Å². The van der Waals surface area contributed by atoms with Gasteiger partial charge in [0.15, 0.2) is 0 Å². The molecule has 2 nitrogen and oxygen atoms in total. The Morgan fingerprint density at radius 2 is 1.83 bits per heavy atom. The van der Waals surface area contributed by atoms with Crippen LogP contribution in [0.15, 0.2) is 18.2 Å². The molecule has 0 saturated carbocycles. The highest BCUT2D eigenvalue weighted by Gasteiger charge is 2.09. The van der Waals surface area contributed by atoms with E-state index in [1.54, 1.807) is 0 Å². The molecule has 1 radical (unpaired) electrons. The topological polar surface area (TPSA) is 6.48 Å². The van der Waals surface area contributed by atoms with Crippen molar-refractivity contribution < 1.29 is 0 Å². The number of hydrogen-bond donors (Lipinski definition) is 0. The van der Waals surface area contributed by atoms with E-state index in [0.717, 1.165) is 19.6 Å². The van der Waals surface area contributed by atoms with Gasteiger partial charge in [-0.05, 0) is 82.5 Å². The predicted octanol–water partition coefficient (Wildman–Crippen LogP) is 5.29. The molecular formula is C19H29Cl2N2. The van der Waals surface area contributed by atoms with Crippen molar-refractivity contribution in [3.8, 4) is 0 Å². The summed E-state index contributed by atoms with van der Waals surface area (Å²) < 4.78 is 0. The average molecular weight is 356 g/mol. The van der Waals surface area contributed by atoms with Crippen molar-refractivity contribution in [2.24, 2.45) is 0 Å². The van der Waals surface area contributed by atoms with Crippen LogP contribution in [-0.4, -0.2) is 42.5 Å². The van der Waals surface area contributed by atoms with Crippen LogP contribution in [0.2, 0.25) is 10.0 Å². The first-order chi connectivity index (χ1) is 11.2. The normalized spacial score (nSPS) is 16.2. The summed E-state index contributed by atoms with van der Waals surface area (Å²) >= 11 is 12.1. The fourth-order valence-corrected chi connectivity index (χ4v) is 3.44. The summed E-state index contributed by atoms with van der Waals surface area (Å²) in [7, 11) is 0. The fourth-order valence-electron chi connectivity index (χ4n) is 3.12. The molecule has 2 rings (SSSR count). The maximum Gasteiger partial charge on any atom is 0.0595 e. The minimum Gasteiger partial charge on any atom is -0.303 e. The lowest BCUT2D eigenvalue weighted by atomic mass is 10.1. The fraction of sp³-hybridized carbons (Fsp3) is 0.632. The van der Waals surface area contributed by atoms with E-state index in [1.807, 2.05) is 12.1 Å². The van der Waals surface area contributed by atoms with Crippen LogP contribution >= 0.6 is 23.2 Å². The average Bonchev–Trinajstić information content (AvgIpc) is 2.57. The zero-order valence-corrected chi connectivity index (χ0v) is 15.7. The smallest absolute Gasteiger partial charge is 0.0595 e. The molecule has 1 aromatic carbocycles. The molecular weight excluding hydrogens is 327 g/mol. The van der Waals surface area contributed by atoms with E-state index >= 15 is 0 Å². The number of hydrogen-bond acceptors (Lipinski definition) is 2. The van der Waals surface area contributed by atoms with Crippen LogP contribution in [0.3, 0.4) is 0 Å². The molecule has 0 amide bonds. The first-order valence-electron chi connectivity index (χ1n) is 8.89. The van der Waals surface area contributed by atoms with Gasteiger partial charge in [0, 0.05) is 6.54 Å². The molecule has 1 aromatic rings. The molecule has 0 bridgehead atoms. The Bertz CT molecular complexity index is 459. The van der Waals surface area contributed by atoms with Crippen molar-refractivity contribution in [2.45, 2.75) is 45.6 Å². The lowest BCUT2D eigenvalue weighted by Crippen LogP contribution is -2.31. The Hall–Kier alpha value is -0.280. The largest absolute Gasteiger partial charge is 0.303 e. The summed E-state index contributed by atoms with van der Waals surface area (Å²) in [5, 5.41) is 1.28. The van der Waals surface area contributed by atoms with Crippen molar-refractivity contribution in [1.29, 1.82) is 0 Å². The van der Waals surface area contributed by atoms with Gasteiger partial charge in [0.25, 0.3) is 0 Å². The van der Waals surface area contributed by atoms with Gasteiger partial charge >= 0.3 is 0 Å². The van der Waals surface area contributed by atoms with E-state index in [2.05, 4.69) is 29.2 Å². The first-order valence-corrected chi connectivity index (χ1v) is 9.65. The third kappa shape index (κ3) is 7.01. The second-order valence-electron chi connectivity index (χ2n) is 6.39. The molecule has 0 aromatic heterocycles. The molecule has 1 fully saturated rings. The quantitative estimate of drug-likeness (QED) is 0.555. The van der Waals surface area contributed by atoms with Crippen LogP contribution in [0.1, 0.15) is 44.6 Å². The van der Waals surface area contributed by atoms with Crippen molar-refractivity contribution >= 4 is 23.2 Å². The summed E-state index contributed by atoms with van der Waals surface area (Å²) in [6, 6.07) is 5.95. The molecule has 1 heterocycles. The summed E-state index contributed by atoms with van der Waals surface area (Å²) in [6.45, 7) is 9.20. The summed E-state index contributed by atoms with van der Waals surface area (Å²) in [5.74, 6) is 0. The monoisotopic (exact) mass is 355 g/mol. The third-order valence-electron chi connectivity index (χ3n) is 4.58. The zero-order chi connectivity index (χ0) is 16.5. The standard InChI is InChI=1S/C19H29Cl2N2/c1-2-22(16-17-9-10-18(20)19(21)15-17)11-5-3-6-12-23-13-7-4-8-14-23/h4,9-10,15H,2-3,5-8,11-14,16H2,1H3. The van der Waals surface area contributed by atoms with Crippen LogP contribution in [0, 0.1) is 6.42 Å². The van der Waals surface area contributed by atoms with E-state index in [1.165, 1.54) is 57.3 Å². The highest BCUT2D eigenvalue weighted by Crippen LogP contribution is 2.23. The molecule has 0 spiro atoms. The van der Waals surface area contributed by atoms with Crippen molar-refractivity contribution in [3.63, 3.8) is 0 Å². The van der Waals surface area contributed by atoms with Crippen LogP contribution in [0.25, 0.3) is 0 Å². The van der Waals surface area contributed by atoms with Crippen molar-refractivity contribution in [1.82, 2.24) is 9.80 Å². The number of nitrogens with zero attached hydrogens (tertiary/aromatic N) is 2. The summed E-state index contributed by atoms with van der Waals surface area (Å²) in [5.41, 5.74) is 1.24. The van der Waals surface area contributed by atoms with Gasteiger partial charge in [-0.2, -0.15) is 0 Å². The van der Waals surface area contributed by atoms with Gasteiger partial charge in [0.2, 0.25) is 0 Å². The maximum atomic E-state index is 6.10. The van der Waals surface area contributed by atoms with E-state index in [0.29, 0.717) is 10.0 Å². The minimum atomic E-state index is 0.633. The molecule has 129 valence electrons. The number of benzene rings is 1. The number of rotatable bonds is 9. The van der Waals surface area contributed by atoms with Gasteiger partial charge in [0.1, 0.15) is 0 Å². The summed E-state index contributed by atoms with van der Waals surface area (Å²) in [4.78, 5) is 5.09. The number of halogens is 2. The molecule has 4 heteroatoms. The van der Waals surface area contributed by atoms with Crippen LogP contribution in [-0.2, 0) is 6.54 Å². The molecule has 0 aliphatic carbocycles. The number of piperidine rings is 1. The van der Waals surface area contributed by atoms with Crippen LogP contribution in [0.4, 0.5) is 0 Å². The lowest BCUT2D eigenvalue weighted by molar-refractivity contribution is 0.240. The molecule has 0 N–H and O–H groups in total. The van der Waals surface area contributed by atoms with E-state index in [4.69, 9.17) is 23.2 Å². The molecule has 0 unspecified atom stereocenters. The second-order valence-corrected chi connectivity index (χ2v) is 7.20. The van der Waals surface area contributed by atoms with Crippen molar-refractivity contribution in [2.75, 3.05) is 32.7 Å². The number of unbranched alkanes of at least 4 members (excludes halogenated alkanes) is 2. The van der Waals surface area contributed by atoms with Gasteiger partial charge in [-0.25, -0.2) is 0 Å². The van der Waals surface area contributed by atoms with Crippen LogP contribution in [0.5, 0.6) is 0 Å². The number of likely N-dealkylation sites (tertiary alicyclic amines) is 1. The molecule has 1 saturated heterocycles. The first kappa shape index (κ1) is 19.1. The maximum absolute atomic E-state index is 6.10. The van der Waals surface area contributed by atoms with Crippen LogP contribution < -0.4 is 0 Å². The Kier molecular flexibility index (Phi) is 8.74. The molecule has 1 aliphatic rings. The van der Waals surface area contributed by atoms with Crippen molar-refractivity contribution in [3.05, 3.63) is 40.2 Å². The third-order valence-corrected chi connectivity index (χ3v) is 5.32.